The number of rotatable bonds is 3. The average Bonchev–Trinajstić information content (AvgIpc) is 2.75. The summed E-state index contributed by atoms with van der Waals surface area (Å²) < 4.78 is 13.4. The highest BCUT2D eigenvalue weighted by Gasteiger charge is 2.53. The molecule has 1 saturated heterocycles. The number of nitrogens with zero attached hydrogens (tertiary/aromatic N) is 2. The molecule has 0 N–H and O–H groups in total. The van der Waals surface area contributed by atoms with Crippen molar-refractivity contribution in [2.24, 2.45) is 18.9 Å². The van der Waals surface area contributed by atoms with Crippen LogP contribution in [0.1, 0.15) is 69.1 Å². The lowest BCUT2D eigenvalue weighted by Gasteiger charge is -2.38. The zero-order valence-corrected chi connectivity index (χ0v) is 16.2. The molecule has 7 nitrogen and oxygen atoms in total. The second-order valence-corrected chi connectivity index (χ2v) is 8.03. The third kappa shape index (κ3) is 3.08. The Morgan fingerprint density at radius 3 is 2.12 bits per heavy atom. The van der Waals surface area contributed by atoms with Gasteiger partial charge in [-0.3, -0.25) is 9.59 Å². The van der Waals surface area contributed by atoms with E-state index in [1.807, 2.05) is 18.5 Å². The minimum absolute atomic E-state index is 0.0719. The Labute approximate surface area is 153 Å². The van der Waals surface area contributed by atoms with Gasteiger partial charge in [0.05, 0.1) is 13.0 Å². The zero-order valence-electron chi connectivity index (χ0n) is 16.2. The summed E-state index contributed by atoms with van der Waals surface area (Å²) in [6.45, 7) is 6.70. The minimum Gasteiger partial charge on any atom is -0.711 e. The monoisotopic (exact) mass is 364 g/mol. The van der Waals surface area contributed by atoms with E-state index in [0.717, 1.165) is 42.5 Å². The number of ether oxygens (including phenoxy) is 2. The van der Waals surface area contributed by atoms with Crippen molar-refractivity contribution in [3.63, 3.8) is 0 Å². The van der Waals surface area contributed by atoms with Crippen LogP contribution in [0, 0.1) is 30.9 Å². The molecular weight excluding hydrogens is 336 g/mol. The molecule has 0 radical (unpaired) electrons. The van der Waals surface area contributed by atoms with Gasteiger partial charge >= 0.3 is 11.9 Å². The molecule has 26 heavy (non-hydrogen) atoms. The van der Waals surface area contributed by atoms with Crippen LogP contribution in [0.15, 0.2) is 0 Å². The van der Waals surface area contributed by atoms with Gasteiger partial charge in [-0.25, -0.2) is 9.30 Å². The van der Waals surface area contributed by atoms with E-state index in [1.54, 1.807) is 20.8 Å². The van der Waals surface area contributed by atoms with Gasteiger partial charge in [-0.1, -0.05) is 19.3 Å². The topological polar surface area (TPSA) is 84.5 Å². The van der Waals surface area contributed by atoms with E-state index in [-0.39, 0.29) is 5.92 Å². The number of aromatic nitrogens is 2. The fraction of sp³-hybridized carbons (Fsp3) is 0.737. The number of esters is 2. The highest BCUT2D eigenvalue weighted by Crippen LogP contribution is 2.43. The molecule has 1 aliphatic carbocycles. The van der Waals surface area contributed by atoms with Crippen LogP contribution in [-0.4, -0.2) is 22.3 Å². The van der Waals surface area contributed by atoms with Crippen LogP contribution in [0.2, 0.25) is 0 Å². The van der Waals surface area contributed by atoms with Crippen LogP contribution < -0.4 is 4.73 Å². The van der Waals surface area contributed by atoms with Crippen molar-refractivity contribution >= 4 is 11.9 Å². The van der Waals surface area contributed by atoms with E-state index in [1.165, 1.54) is 0 Å². The lowest BCUT2D eigenvalue weighted by Crippen LogP contribution is -2.51. The van der Waals surface area contributed by atoms with Gasteiger partial charge in [-0.2, -0.15) is 0 Å². The van der Waals surface area contributed by atoms with Crippen LogP contribution in [0.25, 0.3) is 0 Å². The normalized spacial score (nSPS) is 22.8. The summed E-state index contributed by atoms with van der Waals surface area (Å²) in [5, 5.41) is 12.9. The Morgan fingerprint density at radius 1 is 1.12 bits per heavy atom. The van der Waals surface area contributed by atoms with Gasteiger partial charge in [0.15, 0.2) is 5.92 Å². The summed E-state index contributed by atoms with van der Waals surface area (Å²) >= 11 is 0. The van der Waals surface area contributed by atoms with E-state index in [9.17, 15) is 14.8 Å². The highest BCUT2D eigenvalue weighted by atomic mass is 16.7. The maximum absolute atomic E-state index is 12.9. The van der Waals surface area contributed by atoms with E-state index in [0.29, 0.717) is 11.5 Å². The van der Waals surface area contributed by atoms with Crippen LogP contribution in [0.4, 0.5) is 0 Å². The second kappa shape index (κ2) is 6.59. The first-order valence-electron chi connectivity index (χ1n) is 9.35. The summed E-state index contributed by atoms with van der Waals surface area (Å²) in [5.74, 6) is -3.58. The molecule has 144 valence electrons. The lowest BCUT2D eigenvalue weighted by atomic mass is 9.73. The average molecular weight is 364 g/mol. The molecular formula is C19H28N2O5. The SMILES string of the molecule is Cc1c(C)[n+]([O-])c([C@@H](C2CCCCC2)C2C(=O)OC(C)(C)OC2=O)n1C. The minimum atomic E-state index is -1.27. The summed E-state index contributed by atoms with van der Waals surface area (Å²) in [5.41, 5.74) is 1.41. The number of hydrogen-bond acceptors (Lipinski definition) is 5. The van der Waals surface area contributed by atoms with Crippen LogP contribution in [-0.2, 0) is 26.1 Å². The Morgan fingerprint density at radius 2 is 1.65 bits per heavy atom. The van der Waals surface area contributed by atoms with E-state index in [2.05, 4.69) is 0 Å². The molecule has 0 unspecified atom stereocenters. The Hall–Kier alpha value is -2.05. The molecule has 1 aliphatic heterocycles. The second-order valence-electron chi connectivity index (χ2n) is 8.03. The van der Waals surface area contributed by atoms with Crippen molar-refractivity contribution in [2.75, 3.05) is 0 Å². The van der Waals surface area contributed by atoms with Crippen molar-refractivity contribution in [1.29, 1.82) is 0 Å². The largest absolute Gasteiger partial charge is 0.711 e. The van der Waals surface area contributed by atoms with Crippen molar-refractivity contribution in [3.8, 4) is 0 Å². The molecule has 1 aromatic rings. The third-order valence-corrected chi connectivity index (χ3v) is 5.90. The van der Waals surface area contributed by atoms with Crippen molar-refractivity contribution < 1.29 is 23.8 Å². The molecule has 7 heteroatoms. The molecule has 2 aliphatic rings. The fourth-order valence-corrected chi connectivity index (χ4v) is 4.38. The van der Waals surface area contributed by atoms with Crippen LogP contribution in [0.3, 0.4) is 0 Å². The zero-order chi connectivity index (χ0) is 19.2. The Balaban J connectivity index is 2.09. The summed E-state index contributed by atoms with van der Waals surface area (Å²) in [7, 11) is 1.81. The summed E-state index contributed by atoms with van der Waals surface area (Å²) in [4.78, 5) is 25.5. The molecule has 0 spiro atoms. The number of imidazole rings is 1. The van der Waals surface area contributed by atoms with Gasteiger partial charge in [0.2, 0.25) is 0 Å². The first kappa shape index (κ1) is 18.7. The first-order chi connectivity index (χ1) is 12.1. The van der Waals surface area contributed by atoms with Crippen molar-refractivity contribution in [1.82, 2.24) is 4.57 Å². The predicted molar refractivity (Wildman–Crippen MR) is 92.9 cm³/mol. The molecule has 2 fully saturated rings. The van der Waals surface area contributed by atoms with E-state index < -0.39 is 29.6 Å². The third-order valence-electron chi connectivity index (χ3n) is 5.90. The van der Waals surface area contributed by atoms with Gasteiger partial charge in [0, 0.05) is 27.7 Å². The number of cyclic esters (lactones) is 2. The lowest BCUT2D eigenvalue weighted by molar-refractivity contribution is -0.623. The highest BCUT2D eigenvalue weighted by molar-refractivity contribution is 5.97. The fourth-order valence-electron chi connectivity index (χ4n) is 4.38. The number of carbonyl (C=O) groups is 2. The smallest absolute Gasteiger partial charge is 0.324 e. The Kier molecular flexibility index (Phi) is 4.75. The van der Waals surface area contributed by atoms with Crippen molar-refractivity contribution in [3.05, 3.63) is 22.4 Å². The predicted octanol–water partition coefficient (Wildman–Crippen LogP) is 2.39. The Bertz CT molecular complexity index is 685. The molecule has 0 amide bonds. The van der Waals surface area contributed by atoms with Gasteiger partial charge in [-0.15, -0.1) is 0 Å². The molecule has 3 rings (SSSR count). The molecule has 1 saturated carbocycles. The molecule has 1 aromatic heterocycles. The van der Waals surface area contributed by atoms with Gasteiger partial charge in [-0.05, 0) is 18.8 Å². The van der Waals surface area contributed by atoms with Gasteiger partial charge in [0.1, 0.15) is 11.4 Å². The quantitative estimate of drug-likeness (QED) is 0.356. The van der Waals surface area contributed by atoms with Crippen molar-refractivity contribution in [2.45, 2.75) is 71.5 Å². The maximum Gasteiger partial charge on any atom is 0.324 e. The molecule has 0 aromatic carbocycles. The van der Waals surface area contributed by atoms with Gasteiger partial charge in [0.25, 0.3) is 11.6 Å². The molecule has 2 heterocycles. The summed E-state index contributed by atoms with van der Waals surface area (Å²) in [6, 6.07) is 0. The summed E-state index contributed by atoms with van der Waals surface area (Å²) in [6.07, 6.45) is 4.97. The van der Waals surface area contributed by atoms with E-state index >= 15 is 0 Å². The number of hydrogen-bond donors (Lipinski definition) is 0. The maximum atomic E-state index is 12.9. The number of carbonyl (C=O) groups excluding carboxylic acids is 2. The van der Waals surface area contributed by atoms with E-state index in [4.69, 9.17) is 9.47 Å². The first-order valence-corrected chi connectivity index (χ1v) is 9.35. The van der Waals surface area contributed by atoms with Crippen LogP contribution in [0.5, 0.6) is 0 Å². The molecule has 1 atom stereocenters. The standard InChI is InChI=1S/C19H28N2O5/c1-11-12(2)21(24)16(20(11)5)14(13-9-7-6-8-10-13)15-17(22)25-19(3,4)26-18(15)23/h13-15H,6-10H2,1-5H3/t14-/m0/s1. The van der Waals surface area contributed by atoms with Crippen LogP contribution >= 0.6 is 0 Å². The molecule has 0 bridgehead atoms. The van der Waals surface area contributed by atoms with Gasteiger partial charge < -0.3 is 14.7 Å².